The molecule has 0 aliphatic heterocycles. The molecular weight excluding hydrogens is 172 g/mol. The van der Waals surface area contributed by atoms with Crippen LogP contribution in [0.25, 0.3) is 0 Å². The Hall–Kier alpha value is -0.500. The highest BCUT2D eigenvalue weighted by atomic mass is 35.5. The Morgan fingerprint density at radius 1 is 1.67 bits per heavy atom. The summed E-state index contributed by atoms with van der Waals surface area (Å²) in [6.07, 6.45) is 6.06. The van der Waals surface area contributed by atoms with Crippen LogP contribution in [-0.4, -0.2) is 9.55 Å². The van der Waals surface area contributed by atoms with Crippen LogP contribution < -0.4 is 0 Å². The van der Waals surface area contributed by atoms with E-state index in [0.717, 1.165) is 11.5 Å². The SMILES string of the molecule is Cc1nc(CCl)cn1C1CCC1. The highest BCUT2D eigenvalue weighted by Gasteiger charge is 2.20. The lowest BCUT2D eigenvalue weighted by Gasteiger charge is -2.27. The van der Waals surface area contributed by atoms with E-state index in [0.29, 0.717) is 11.9 Å². The molecule has 1 heterocycles. The van der Waals surface area contributed by atoms with Gasteiger partial charge in [0.2, 0.25) is 0 Å². The third-order valence-electron chi connectivity index (χ3n) is 2.57. The molecule has 1 saturated carbocycles. The zero-order chi connectivity index (χ0) is 8.55. The second-order valence-corrected chi connectivity index (χ2v) is 3.67. The summed E-state index contributed by atoms with van der Waals surface area (Å²) in [4.78, 5) is 4.36. The first-order valence-electron chi connectivity index (χ1n) is 4.41. The average molecular weight is 185 g/mol. The Bertz CT molecular complexity index is 276. The van der Waals surface area contributed by atoms with Crippen molar-refractivity contribution in [3.63, 3.8) is 0 Å². The zero-order valence-electron chi connectivity index (χ0n) is 7.26. The minimum atomic E-state index is 0.528. The Morgan fingerprint density at radius 3 is 2.83 bits per heavy atom. The first-order chi connectivity index (χ1) is 5.81. The summed E-state index contributed by atoms with van der Waals surface area (Å²) >= 11 is 5.70. The average Bonchev–Trinajstić information content (AvgIpc) is 2.29. The second kappa shape index (κ2) is 3.09. The smallest absolute Gasteiger partial charge is 0.106 e. The lowest BCUT2D eigenvalue weighted by atomic mass is 9.93. The van der Waals surface area contributed by atoms with Gasteiger partial charge < -0.3 is 4.57 Å². The van der Waals surface area contributed by atoms with Gasteiger partial charge in [0.15, 0.2) is 0 Å². The third kappa shape index (κ3) is 1.24. The Kier molecular flexibility index (Phi) is 2.09. The van der Waals surface area contributed by atoms with Gasteiger partial charge in [-0.2, -0.15) is 0 Å². The standard InChI is InChI=1S/C9H13ClN2/c1-7-11-8(5-10)6-12(7)9-3-2-4-9/h6,9H,2-5H2,1H3. The van der Waals surface area contributed by atoms with Crippen molar-refractivity contribution < 1.29 is 0 Å². The molecule has 12 heavy (non-hydrogen) atoms. The van der Waals surface area contributed by atoms with E-state index in [1.807, 2.05) is 6.92 Å². The summed E-state index contributed by atoms with van der Waals surface area (Å²) in [5, 5.41) is 0. The molecule has 0 N–H and O–H groups in total. The Labute approximate surface area is 77.6 Å². The van der Waals surface area contributed by atoms with E-state index in [4.69, 9.17) is 11.6 Å². The minimum absolute atomic E-state index is 0.528. The molecule has 1 aliphatic carbocycles. The van der Waals surface area contributed by atoms with Gasteiger partial charge in [0.05, 0.1) is 11.6 Å². The van der Waals surface area contributed by atoms with Crippen LogP contribution in [0.5, 0.6) is 0 Å². The lowest BCUT2D eigenvalue weighted by molar-refractivity contribution is 0.308. The van der Waals surface area contributed by atoms with Crippen LogP contribution in [0, 0.1) is 6.92 Å². The van der Waals surface area contributed by atoms with E-state index >= 15 is 0 Å². The predicted octanol–water partition coefficient (Wildman–Crippen LogP) is 2.66. The van der Waals surface area contributed by atoms with Gasteiger partial charge in [-0.05, 0) is 26.2 Å². The van der Waals surface area contributed by atoms with Crippen molar-refractivity contribution in [2.24, 2.45) is 0 Å². The molecule has 3 heteroatoms. The number of nitrogens with zero attached hydrogens (tertiary/aromatic N) is 2. The van der Waals surface area contributed by atoms with Gasteiger partial charge >= 0.3 is 0 Å². The van der Waals surface area contributed by atoms with Crippen LogP contribution in [0.15, 0.2) is 6.20 Å². The quantitative estimate of drug-likeness (QED) is 0.647. The molecule has 1 aliphatic rings. The van der Waals surface area contributed by atoms with Gasteiger partial charge in [-0.25, -0.2) is 4.98 Å². The van der Waals surface area contributed by atoms with Crippen LogP contribution in [-0.2, 0) is 5.88 Å². The van der Waals surface area contributed by atoms with Gasteiger partial charge in [0, 0.05) is 12.2 Å². The van der Waals surface area contributed by atoms with E-state index in [1.165, 1.54) is 19.3 Å². The van der Waals surface area contributed by atoms with E-state index in [2.05, 4.69) is 15.7 Å². The first-order valence-corrected chi connectivity index (χ1v) is 4.95. The topological polar surface area (TPSA) is 17.8 Å². The van der Waals surface area contributed by atoms with Crippen molar-refractivity contribution in [3.8, 4) is 0 Å². The van der Waals surface area contributed by atoms with Crippen molar-refractivity contribution in [1.29, 1.82) is 0 Å². The van der Waals surface area contributed by atoms with Crippen molar-refractivity contribution in [1.82, 2.24) is 9.55 Å². The van der Waals surface area contributed by atoms with E-state index in [-0.39, 0.29) is 0 Å². The van der Waals surface area contributed by atoms with Crippen LogP contribution in [0.3, 0.4) is 0 Å². The molecular formula is C9H13ClN2. The van der Waals surface area contributed by atoms with Crippen molar-refractivity contribution in [2.75, 3.05) is 0 Å². The molecule has 0 radical (unpaired) electrons. The molecule has 1 fully saturated rings. The van der Waals surface area contributed by atoms with E-state index in [9.17, 15) is 0 Å². The molecule has 0 atom stereocenters. The molecule has 0 saturated heterocycles. The number of halogens is 1. The number of rotatable bonds is 2. The van der Waals surface area contributed by atoms with Crippen molar-refractivity contribution in [2.45, 2.75) is 38.1 Å². The van der Waals surface area contributed by atoms with E-state index < -0.39 is 0 Å². The minimum Gasteiger partial charge on any atom is -0.332 e. The van der Waals surface area contributed by atoms with Crippen molar-refractivity contribution in [3.05, 3.63) is 17.7 Å². The normalized spacial score (nSPS) is 17.8. The zero-order valence-corrected chi connectivity index (χ0v) is 8.01. The van der Waals surface area contributed by atoms with Crippen LogP contribution >= 0.6 is 11.6 Å². The van der Waals surface area contributed by atoms with Crippen LogP contribution in [0.4, 0.5) is 0 Å². The summed E-state index contributed by atoms with van der Waals surface area (Å²) in [7, 11) is 0. The first kappa shape index (κ1) is 8.11. The molecule has 2 rings (SSSR count). The lowest BCUT2D eigenvalue weighted by Crippen LogP contribution is -2.17. The van der Waals surface area contributed by atoms with Crippen LogP contribution in [0.1, 0.15) is 36.8 Å². The summed E-state index contributed by atoms with van der Waals surface area (Å²) in [5.41, 5.74) is 1.00. The molecule has 2 nitrogen and oxygen atoms in total. The van der Waals surface area contributed by atoms with Crippen LogP contribution in [0.2, 0.25) is 0 Å². The second-order valence-electron chi connectivity index (χ2n) is 3.41. The van der Waals surface area contributed by atoms with Gasteiger partial charge in [0.25, 0.3) is 0 Å². The fraction of sp³-hybridized carbons (Fsp3) is 0.667. The molecule has 0 spiro atoms. The maximum absolute atomic E-state index is 5.70. The molecule has 0 amide bonds. The molecule has 0 unspecified atom stereocenters. The number of aromatic nitrogens is 2. The third-order valence-corrected chi connectivity index (χ3v) is 2.85. The van der Waals surface area contributed by atoms with Gasteiger partial charge in [-0.15, -0.1) is 11.6 Å². The Morgan fingerprint density at radius 2 is 2.42 bits per heavy atom. The highest BCUT2D eigenvalue weighted by Crippen LogP contribution is 2.32. The monoisotopic (exact) mass is 184 g/mol. The van der Waals surface area contributed by atoms with Gasteiger partial charge in [-0.3, -0.25) is 0 Å². The summed E-state index contributed by atoms with van der Waals surface area (Å²) < 4.78 is 2.27. The van der Waals surface area contributed by atoms with Gasteiger partial charge in [-0.1, -0.05) is 0 Å². The molecule has 66 valence electrons. The summed E-state index contributed by atoms with van der Waals surface area (Å²) in [6, 6.07) is 0.703. The number of imidazole rings is 1. The molecule has 0 bridgehead atoms. The maximum atomic E-state index is 5.70. The number of hydrogen-bond acceptors (Lipinski definition) is 1. The van der Waals surface area contributed by atoms with Gasteiger partial charge in [0.1, 0.15) is 5.82 Å². The van der Waals surface area contributed by atoms with Crippen molar-refractivity contribution >= 4 is 11.6 Å². The summed E-state index contributed by atoms with van der Waals surface area (Å²) in [5.74, 6) is 1.64. The number of aryl methyl sites for hydroxylation is 1. The molecule has 1 aromatic rings. The maximum Gasteiger partial charge on any atom is 0.106 e. The number of alkyl halides is 1. The summed E-state index contributed by atoms with van der Waals surface area (Å²) in [6.45, 7) is 2.05. The molecule has 1 aromatic heterocycles. The number of hydrogen-bond donors (Lipinski definition) is 0. The largest absolute Gasteiger partial charge is 0.332 e. The van der Waals surface area contributed by atoms with E-state index in [1.54, 1.807) is 0 Å². The highest BCUT2D eigenvalue weighted by molar-refractivity contribution is 6.16. The predicted molar refractivity (Wildman–Crippen MR) is 49.4 cm³/mol. The molecule has 0 aromatic carbocycles. The fourth-order valence-electron chi connectivity index (χ4n) is 1.65. The fourth-order valence-corrected chi connectivity index (χ4v) is 1.78. The Balaban J connectivity index is 2.23.